The average molecular weight is 332 g/mol. The molecule has 5 heteroatoms. The molecule has 1 aromatic carbocycles. The van der Waals surface area contributed by atoms with Crippen LogP contribution in [0, 0.1) is 9.49 Å². The van der Waals surface area contributed by atoms with Gasteiger partial charge in [0.05, 0.1) is 0 Å². The SMILES string of the molecule is NNC=O.O=C(c1cccc(I)c1)C1CC1. The van der Waals surface area contributed by atoms with E-state index in [2.05, 4.69) is 28.4 Å². The van der Waals surface area contributed by atoms with Gasteiger partial charge in [-0.05, 0) is 47.6 Å². The summed E-state index contributed by atoms with van der Waals surface area (Å²) >= 11 is 2.23. The largest absolute Gasteiger partial charge is 0.297 e. The van der Waals surface area contributed by atoms with E-state index in [9.17, 15) is 4.79 Å². The van der Waals surface area contributed by atoms with E-state index in [4.69, 9.17) is 4.79 Å². The van der Waals surface area contributed by atoms with Crippen LogP contribution in [0.4, 0.5) is 0 Å². The molecule has 0 bridgehead atoms. The van der Waals surface area contributed by atoms with E-state index in [0.717, 1.165) is 22.0 Å². The molecule has 4 nitrogen and oxygen atoms in total. The van der Waals surface area contributed by atoms with Crippen molar-refractivity contribution in [2.45, 2.75) is 12.8 Å². The van der Waals surface area contributed by atoms with Gasteiger partial charge in [0.1, 0.15) is 0 Å². The predicted octanol–water partition coefficient (Wildman–Crippen LogP) is 1.49. The number of halogens is 1. The van der Waals surface area contributed by atoms with Crippen LogP contribution in [0.5, 0.6) is 0 Å². The maximum atomic E-state index is 11.6. The molecule has 1 aromatic rings. The molecule has 0 spiro atoms. The van der Waals surface area contributed by atoms with Gasteiger partial charge in [0.25, 0.3) is 0 Å². The summed E-state index contributed by atoms with van der Waals surface area (Å²) in [5, 5.41) is 0. The molecule has 1 amide bonds. The molecule has 0 unspecified atom stereocenters. The van der Waals surface area contributed by atoms with Crippen LogP contribution in [0.3, 0.4) is 0 Å². The first kappa shape index (κ1) is 13.1. The number of hydrogen-bond donors (Lipinski definition) is 2. The summed E-state index contributed by atoms with van der Waals surface area (Å²) in [5.74, 6) is 5.07. The van der Waals surface area contributed by atoms with Crippen LogP contribution >= 0.6 is 22.6 Å². The molecule has 0 saturated heterocycles. The van der Waals surface area contributed by atoms with Gasteiger partial charge in [0.15, 0.2) is 5.78 Å². The van der Waals surface area contributed by atoms with Crippen molar-refractivity contribution in [1.82, 2.24) is 5.43 Å². The predicted molar refractivity (Wildman–Crippen MR) is 69.6 cm³/mol. The molecule has 1 aliphatic carbocycles. The molecule has 0 aromatic heterocycles. The van der Waals surface area contributed by atoms with Crippen LogP contribution in [-0.4, -0.2) is 12.2 Å². The Morgan fingerprint density at radius 1 is 1.50 bits per heavy atom. The molecule has 0 aliphatic heterocycles. The van der Waals surface area contributed by atoms with E-state index in [0.29, 0.717) is 18.1 Å². The number of nitrogens with two attached hydrogens (primary N) is 1. The molecule has 16 heavy (non-hydrogen) atoms. The Morgan fingerprint density at radius 3 is 2.56 bits per heavy atom. The number of benzene rings is 1. The van der Waals surface area contributed by atoms with E-state index in [1.54, 1.807) is 5.43 Å². The fourth-order valence-corrected chi connectivity index (χ4v) is 1.77. The van der Waals surface area contributed by atoms with Crippen molar-refractivity contribution in [1.29, 1.82) is 0 Å². The number of amides is 1. The maximum Gasteiger partial charge on any atom is 0.221 e. The molecule has 2 rings (SSSR count). The third-order valence-corrected chi connectivity index (χ3v) is 2.80. The molecule has 86 valence electrons. The number of nitrogens with one attached hydrogen (secondary N) is 1. The van der Waals surface area contributed by atoms with Gasteiger partial charge in [0, 0.05) is 15.1 Å². The van der Waals surface area contributed by atoms with Crippen molar-refractivity contribution in [2.24, 2.45) is 11.8 Å². The van der Waals surface area contributed by atoms with Crippen molar-refractivity contribution in [2.75, 3.05) is 0 Å². The van der Waals surface area contributed by atoms with Crippen LogP contribution in [0.2, 0.25) is 0 Å². The monoisotopic (exact) mass is 332 g/mol. The third-order valence-electron chi connectivity index (χ3n) is 2.13. The van der Waals surface area contributed by atoms with Crippen molar-refractivity contribution in [3.05, 3.63) is 33.4 Å². The smallest absolute Gasteiger partial charge is 0.221 e. The maximum absolute atomic E-state index is 11.6. The summed E-state index contributed by atoms with van der Waals surface area (Å²) in [6, 6.07) is 7.81. The van der Waals surface area contributed by atoms with E-state index < -0.39 is 0 Å². The Balaban J connectivity index is 0.000000280. The van der Waals surface area contributed by atoms with Crippen LogP contribution in [0.25, 0.3) is 0 Å². The van der Waals surface area contributed by atoms with Gasteiger partial charge >= 0.3 is 0 Å². The van der Waals surface area contributed by atoms with Crippen molar-refractivity contribution in [3.63, 3.8) is 0 Å². The zero-order chi connectivity index (χ0) is 12.0. The van der Waals surface area contributed by atoms with Crippen molar-refractivity contribution in [3.8, 4) is 0 Å². The first-order valence-corrected chi connectivity index (χ1v) is 5.96. The Morgan fingerprint density at radius 2 is 2.12 bits per heavy atom. The van der Waals surface area contributed by atoms with Crippen LogP contribution in [0.1, 0.15) is 23.2 Å². The first-order chi connectivity index (χ1) is 7.69. The van der Waals surface area contributed by atoms with E-state index in [1.165, 1.54) is 0 Å². The minimum absolute atomic E-state index is 0.327. The highest BCUT2D eigenvalue weighted by molar-refractivity contribution is 14.1. The third kappa shape index (κ3) is 4.28. The summed E-state index contributed by atoms with van der Waals surface area (Å²) in [5.41, 5.74) is 2.63. The number of hydrazine groups is 1. The van der Waals surface area contributed by atoms with E-state index in [1.807, 2.05) is 24.3 Å². The number of Topliss-reactive ketones (excluding diaryl/α,β-unsaturated/α-hetero) is 1. The zero-order valence-electron chi connectivity index (χ0n) is 8.65. The van der Waals surface area contributed by atoms with Gasteiger partial charge in [0.2, 0.25) is 6.41 Å². The Labute approximate surface area is 108 Å². The summed E-state index contributed by atoms with van der Waals surface area (Å²) in [7, 11) is 0. The number of hydrogen-bond acceptors (Lipinski definition) is 3. The second-order valence-corrected chi connectivity index (χ2v) is 4.68. The Hall–Kier alpha value is -0.950. The normalized spacial score (nSPS) is 13.4. The lowest BCUT2D eigenvalue weighted by molar-refractivity contribution is -0.109. The fourth-order valence-electron chi connectivity index (χ4n) is 1.22. The summed E-state index contributed by atoms with van der Waals surface area (Å²) < 4.78 is 1.14. The molecular weight excluding hydrogens is 319 g/mol. The van der Waals surface area contributed by atoms with Gasteiger partial charge in [-0.15, -0.1) is 0 Å². The van der Waals surface area contributed by atoms with E-state index in [-0.39, 0.29) is 0 Å². The molecule has 1 fully saturated rings. The molecule has 0 heterocycles. The van der Waals surface area contributed by atoms with Crippen molar-refractivity contribution < 1.29 is 9.59 Å². The van der Waals surface area contributed by atoms with E-state index >= 15 is 0 Å². The van der Waals surface area contributed by atoms with Gasteiger partial charge in [-0.25, -0.2) is 5.84 Å². The highest BCUT2D eigenvalue weighted by atomic mass is 127. The minimum atomic E-state index is 0.327. The summed E-state index contributed by atoms with van der Waals surface area (Å²) in [4.78, 5) is 20.5. The summed E-state index contributed by atoms with van der Waals surface area (Å²) in [6.45, 7) is 0. The lowest BCUT2D eigenvalue weighted by Crippen LogP contribution is -2.18. The zero-order valence-corrected chi connectivity index (χ0v) is 10.8. The van der Waals surface area contributed by atoms with Gasteiger partial charge in [-0.2, -0.15) is 0 Å². The molecule has 0 radical (unpaired) electrons. The lowest BCUT2D eigenvalue weighted by Gasteiger charge is -1.97. The average Bonchev–Trinajstić information content (AvgIpc) is 3.12. The molecule has 1 aliphatic rings. The fraction of sp³-hybridized carbons (Fsp3) is 0.273. The Kier molecular flexibility index (Phi) is 5.41. The highest BCUT2D eigenvalue weighted by Crippen LogP contribution is 2.32. The van der Waals surface area contributed by atoms with Gasteiger partial charge in [-0.3, -0.25) is 15.0 Å². The first-order valence-electron chi connectivity index (χ1n) is 4.88. The molecule has 3 N–H and O–H groups in total. The lowest BCUT2D eigenvalue weighted by atomic mass is 10.1. The molecule has 1 saturated carbocycles. The quantitative estimate of drug-likeness (QED) is 0.220. The Bertz CT molecular complexity index is 378. The molecular formula is C11H13IN2O2. The van der Waals surface area contributed by atoms with Crippen LogP contribution in [0.15, 0.2) is 24.3 Å². The second-order valence-electron chi connectivity index (χ2n) is 3.43. The number of rotatable bonds is 3. The van der Waals surface area contributed by atoms with Gasteiger partial charge in [-0.1, -0.05) is 12.1 Å². The molecule has 0 atom stereocenters. The van der Waals surface area contributed by atoms with Crippen LogP contribution < -0.4 is 11.3 Å². The van der Waals surface area contributed by atoms with Gasteiger partial charge < -0.3 is 0 Å². The summed E-state index contributed by atoms with van der Waals surface area (Å²) in [6.07, 6.45) is 2.58. The number of ketones is 1. The van der Waals surface area contributed by atoms with Crippen molar-refractivity contribution >= 4 is 34.8 Å². The highest BCUT2D eigenvalue weighted by Gasteiger charge is 2.30. The topological polar surface area (TPSA) is 72.2 Å². The number of carbonyl (C=O) groups excluding carboxylic acids is 2. The standard InChI is InChI=1S/C10H9IO.CH4N2O/c11-9-3-1-2-8(6-9)10(12)7-4-5-7;2-3-1-4/h1-3,6-7H,4-5H2;1H,2H2,(H,3,4). The second kappa shape index (κ2) is 6.59. The number of carbonyl (C=O) groups is 2. The van der Waals surface area contributed by atoms with Crippen LogP contribution in [-0.2, 0) is 4.79 Å². The minimum Gasteiger partial charge on any atom is -0.297 e.